The molecule has 1 amide bonds. The van der Waals surface area contributed by atoms with E-state index in [1.807, 2.05) is 0 Å². The Bertz CT molecular complexity index is 709. The van der Waals surface area contributed by atoms with Crippen molar-refractivity contribution in [2.75, 3.05) is 11.1 Å². The van der Waals surface area contributed by atoms with Crippen molar-refractivity contribution < 1.29 is 18.0 Å². The van der Waals surface area contributed by atoms with Crippen molar-refractivity contribution in [3.63, 3.8) is 0 Å². The van der Waals surface area contributed by atoms with Gasteiger partial charge in [0.15, 0.2) is 0 Å². The number of hydrogen-bond acceptors (Lipinski definition) is 2. The fraction of sp³-hybridized carbons (Fsp3) is 0.0714. The number of nitrogens with two attached hydrogens (primary N) is 1. The highest BCUT2D eigenvalue weighted by Crippen LogP contribution is 2.34. The van der Waals surface area contributed by atoms with Gasteiger partial charge in [-0.2, -0.15) is 13.2 Å². The minimum Gasteiger partial charge on any atom is -0.396 e. The number of nitrogens with one attached hydrogen (secondary N) is 1. The van der Waals surface area contributed by atoms with Crippen LogP contribution in [0.3, 0.4) is 0 Å². The highest BCUT2D eigenvalue weighted by atomic mass is 35.5. The summed E-state index contributed by atoms with van der Waals surface area (Å²) in [5.41, 5.74) is 4.29. The molecule has 0 fully saturated rings. The van der Waals surface area contributed by atoms with Crippen molar-refractivity contribution >= 4 is 40.5 Å². The van der Waals surface area contributed by atoms with Crippen LogP contribution in [0.2, 0.25) is 10.0 Å². The van der Waals surface area contributed by atoms with E-state index in [0.717, 1.165) is 12.1 Å². The summed E-state index contributed by atoms with van der Waals surface area (Å²) in [5.74, 6) is -0.926. The molecule has 0 heterocycles. The number of nitrogen functional groups attached to an aromatic ring is 1. The quantitative estimate of drug-likeness (QED) is 0.762. The first-order chi connectivity index (χ1) is 10.2. The Morgan fingerprint density at radius 3 is 2.18 bits per heavy atom. The maximum Gasteiger partial charge on any atom is 0.417 e. The Morgan fingerprint density at radius 2 is 1.64 bits per heavy atom. The number of carbonyl (C=O) groups excluding carboxylic acids is 1. The lowest BCUT2D eigenvalue weighted by Gasteiger charge is -2.13. The number of carbonyl (C=O) groups is 1. The van der Waals surface area contributed by atoms with Gasteiger partial charge in [-0.3, -0.25) is 4.79 Å². The van der Waals surface area contributed by atoms with Crippen molar-refractivity contribution in [1.82, 2.24) is 0 Å². The summed E-state index contributed by atoms with van der Waals surface area (Å²) >= 11 is 11.6. The van der Waals surface area contributed by atoms with E-state index in [9.17, 15) is 18.0 Å². The second-order valence-corrected chi connectivity index (χ2v) is 5.17. The molecule has 2 aromatic carbocycles. The second-order valence-electron chi connectivity index (χ2n) is 4.35. The van der Waals surface area contributed by atoms with Crippen molar-refractivity contribution in [2.45, 2.75) is 6.18 Å². The molecule has 2 aromatic rings. The van der Waals surface area contributed by atoms with Gasteiger partial charge in [-0.05, 0) is 24.3 Å². The molecule has 0 unspecified atom stereocenters. The Labute approximate surface area is 133 Å². The standard InChI is InChI=1S/C14H9Cl2F3N2O/c15-10-5-7(6-11(16)12(10)20)21-13(22)8-3-1-2-4-9(8)14(17,18)19/h1-6H,20H2,(H,21,22). The zero-order valence-electron chi connectivity index (χ0n) is 10.8. The van der Waals surface area contributed by atoms with Gasteiger partial charge in [0, 0.05) is 5.69 Å². The van der Waals surface area contributed by atoms with E-state index >= 15 is 0 Å². The molecule has 8 heteroatoms. The summed E-state index contributed by atoms with van der Waals surface area (Å²) in [6.07, 6.45) is -4.63. The first-order valence-electron chi connectivity index (χ1n) is 5.92. The monoisotopic (exact) mass is 348 g/mol. The topological polar surface area (TPSA) is 55.1 Å². The second kappa shape index (κ2) is 6.06. The Balaban J connectivity index is 2.35. The molecule has 0 spiro atoms. The molecule has 22 heavy (non-hydrogen) atoms. The van der Waals surface area contributed by atoms with Crippen LogP contribution in [-0.2, 0) is 6.18 Å². The summed E-state index contributed by atoms with van der Waals surface area (Å²) in [5, 5.41) is 2.50. The van der Waals surface area contributed by atoms with Crippen LogP contribution in [0, 0.1) is 0 Å². The van der Waals surface area contributed by atoms with Gasteiger partial charge in [0.1, 0.15) is 0 Å². The van der Waals surface area contributed by atoms with Crippen molar-refractivity contribution in [3.05, 3.63) is 57.6 Å². The van der Waals surface area contributed by atoms with Crippen LogP contribution in [-0.4, -0.2) is 5.91 Å². The fourth-order valence-electron chi connectivity index (χ4n) is 1.78. The number of hydrogen-bond donors (Lipinski definition) is 2. The minimum absolute atomic E-state index is 0.0897. The first kappa shape index (κ1) is 16.5. The first-order valence-corrected chi connectivity index (χ1v) is 6.68. The molecule has 0 aromatic heterocycles. The molecule has 0 bridgehead atoms. The van der Waals surface area contributed by atoms with E-state index in [1.165, 1.54) is 24.3 Å². The molecule has 0 saturated heterocycles. The fourth-order valence-corrected chi connectivity index (χ4v) is 2.27. The van der Waals surface area contributed by atoms with Crippen molar-refractivity contribution in [3.8, 4) is 0 Å². The van der Waals surface area contributed by atoms with E-state index in [-0.39, 0.29) is 21.4 Å². The molecule has 0 aliphatic carbocycles. The third kappa shape index (κ3) is 3.45. The molecule has 2 rings (SSSR count). The van der Waals surface area contributed by atoms with Crippen molar-refractivity contribution in [2.24, 2.45) is 0 Å². The molecular formula is C14H9Cl2F3N2O. The Kier molecular flexibility index (Phi) is 4.53. The highest BCUT2D eigenvalue weighted by Gasteiger charge is 2.34. The van der Waals surface area contributed by atoms with E-state index < -0.39 is 23.2 Å². The number of halogens is 5. The van der Waals surface area contributed by atoms with E-state index in [1.54, 1.807) is 0 Å². The third-order valence-electron chi connectivity index (χ3n) is 2.81. The molecule has 0 radical (unpaired) electrons. The predicted octanol–water partition coefficient (Wildman–Crippen LogP) is 4.85. The highest BCUT2D eigenvalue weighted by molar-refractivity contribution is 6.39. The zero-order valence-corrected chi connectivity index (χ0v) is 12.4. The molecule has 0 aliphatic rings. The van der Waals surface area contributed by atoms with Crippen LogP contribution < -0.4 is 11.1 Å². The van der Waals surface area contributed by atoms with E-state index in [4.69, 9.17) is 28.9 Å². The largest absolute Gasteiger partial charge is 0.417 e. The summed E-state index contributed by atoms with van der Waals surface area (Å²) in [7, 11) is 0. The maximum absolute atomic E-state index is 12.9. The van der Waals surface area contributed by atoms with Gasteiger partial charge < -0.3 is 11.1 Å². The van der Waals surface area contributed by atoms with Crippen LogP contribution in [0.4, 0.5) is 24.5 Å². The summed E-state index contributed by atoms with van der Waals surface area (Å²) in [6.45, 7) is 0. The Hall–Kier alpha value is -1.92. The number of rotatable bonds is 2. The molecule has 3 N–H and O–H groups in total. The Morgan fingerprint density at radius 1 is 1.09 bits per heavy atom. The van der Waals surface area contributed by atoms with Gasteiger partial charge in [0.2, 0.25) is 0 Å². The summed E-state index contributed by atoms with van der Waals surface area (Å²) < 4.78 is 38.7. The van der Waals surface area contributed by atoms with Gasteiger partial charge in [-0.1, -0.05) is 35.3 Å². The number of benzene rings is 2. The zero-order chi connectivity index (χ0) is 16.5. The van der Waals surface area contributed by atoms with Gasteiger partial charge in [-0.15, -0.1) is 0 Å². The lowest BCUT2D eigenvalue weighted by molar-refractivity contribution is -0.137. The molecule has 116 valence electrons. The van der Waals surface area contributed by atoms with Gasteiger partial charge >= 0.3 is 6.18 Å². The predicted molar refractivity (Wildman–Crippen MR) is 80.3 cm³/mol. The molecule has 0 aliphatic heterocycles. The van der Waals surface area contributed by atoms with E-state index in [0.29, 0.717) is 0 Å². The SMILES string of the molecule is Nc1c(Cl)cc(NC(=O)c2ccccc2C(F)(F)F)cc1Cl. The summed E-state index contributed by atoms with van der Waals surface area (Å²) in [6, 6.07) is 7.06. The van der Waals surface area contributed by atoms with Gasteiger partial charge in [0.25, 0.3) is 5.91 Å². The number of amides is 1. The average Bonchev–Trinajstić information content (AvgIpc) is 2.43. The maximum atomic E-state index is 12.9. The molecule has 0 saturated carbocycles. The van der Waals surface area contributed by atoms with Gasteiger partial charge in [0.05, 0.1) is 26.9 Å². The smallest absolute Gasteiger partial charge is 0.396 e. The van der Waals surface area contributed by atoms with Crippen LogP contribution in [0.25, 0.3) is 0 Å². The number of anilines is 2. The van der Waals surface area contributed by atoms with E-state index in [2.05, 4.69) is 5.32 Å². The van der Waals surface area contributed by atoms with Crippen LogP contribution in [0.1, 0.15) is 15.9 Å². The summed E-state index contributed by atoms with van der Waals surface area (Å²) in [4.78, 5) is 12.1. The molecule has 3 nitrogen and oxygen atoms in total. The van der Waals surface area contributed by atoms with Crippen LogP contribution in [0.5, 0.6) is 0 Å². The lowest BCUT2D eigenvalue weighted by atomic mass is 10.1. The normalized spacial score (nSPS) is 11.3. The molecule has 0 atom stereocenters. The van der Waals surface area contributed by atoms with Gasteiger partial charge in [-0.25, -0.2) is 0 Å². The molecular weight excluding hydrogens is 340 g/mol. The number of alkyl halides is 3. The minimum atomic E-state index is -4.63. The van der Waals surface area contributed by atoms with Crippen molar-refractivity contribution in [1.29, 1.82) is 0 Å². The average molecular weight is 349 g/mol. The van der Waals surface area contributed by atoms with Crippen LogP contribution in [0.15, 0.2) is 36.4 Å². The van der Waals surface area contributed by atoms with Crippen LogP contribution >= 0.6 is 23.2 Å². The third-order valence-corrected chi connectivity index (χ3v) is 3.44. The lowest BCUT2D eigenvalue weighted by Crippen LogP contribution is -2.18.